The van der Waals surface area contributed by atoms with Crippen molar-refractivity contribution >= 4 is 0 Å². The van der Waals surface area contributed by atoms with Gasteiger partial charge >= 0.3 is 0 Å². The van der Waals surface area contributed by atoms with E-state index in [1.165, 1.54) is 37.7 Å². The van der Waals surface area contributed by atoms with Crippen LogP contribution in [0.3, 0.4) is 0 Å². The summed E-state index contributed by atoms with van der Waals surface area (Å²) in [6, 6.07) is 9.43. The maximum Gasteiger partial charge on any atom is -0.00406 e. The lowest BCUT2D eigenvalue weighted by Gasteiger charge is -2.28. The van der Waals surface area contributed by atoms with Crippen LogP contribution in [0.2, 0.25) is 0 Å². The van der Waals surface area contributed by atoms with Crippen molar-refractivity contribution in [3.05, 3.63) is 35.4 Å². The van der Waals surface area contributed by atoms with E-state index in [1.807, 2.05) is 0 Å². The molecule has 1 saturated carbocycles. The van der Waals surface area contributed by atoms with Crippen molar-refractivity contribution in [2.24, 2.45) is 0 Å². The van der Waals surface area contributed by atoms with E-state index in [-0.39, 0.29) is 5.41 Å². The number of nitrogens with one attached hydrogen (secondary N) is 1. The lowest BCUT2D eigenvalue weighted by molar-refractivity contribution is 0.418. The molecule has 19 heavy (non-hydrogen) atoms. The van der Waals surface area contributed by atoms with Crippen molar-refractivity contribution in [2.75, 3.05) is 13.1 Å². The van der Waals surface area contributed by atoms with Crippen molar-refractivity contribution < 1.29 is 0 Å². The monoisotopic (exact) mass is 259 g/mol. The van der Waals surface area contributed by atoms with E-state index in [4.69, 9.17) is 0 Å². The third-order valence-electron chi connectivity index (χ3n) is 4.62. The summed E-state index contributed by atoms with van der Waals surface area (Å²) in [5, 5.41) is 3.51. The molecular formula is C18H29N. The molecule has 1 aromatic rings. The first-order valence-electron chi connectivity index (χ1n) is 7.94. The van der Waals surface area contributed by atoms with Gasteiger partial charge in [-0.1, -0.05) is 51.5 Å². The summed E-state index contributed by atoms with van der Waals surface area (Å²) >= 11 is 0. The molecule has 1 aromatic carbocycles. The van der Waals surface area contributed by atoms with Crippen LogP contribution in [0.5, 0.6) is 0 Å². The highest BCUT2D eigenvalue weighted by Gasteiger charge is 2.22. The van der Waals surface area contributed by atoms with Gasteiger partial charge in [0.2, 0.25) is 0 Å². The van der Waals surface area contributed by atoms with Crippen LogP contribution in [0, 0.1) is 0 Å². The molecule has 0 unspecified atom stereocenters. The molecule has 0 amide bonds. The van der Waals surface area contributed by atoms with Crippen LogP contribution >= 0.6 is 0 Å². The number of benzene rings is 1. The Labute approximate surface area is 118 Å². The van der Waals surface area contributed by atoms with Gasteiger partial charge in [-0.05, 0) is 61.2 Å². The van der Waals surface area contributed by atoms with Crippen LogP contribution in [0.4, 0.5) is 0 Å². The summed E-state index contributed by atoms with van der Waals surface area (Å²) in [4.78, 5) is 0. The molecular weight excluding hydrogens is 230 g/mol. The standard InChI is InChI=1S/C18H29N/c1-4-13-19-14-12-18(2,3)17-10-8-16(9-11-17)15-6-5-7-15/h8-11,15,19H,4-7,12-14H2,1-3H3. The normalized spacial score (nSPS) is 16.4. The lowest BCUT2D eigenvalue weighted by atomic mass is 9.77. The molecule has 0 radical (unpaired) electrons. The molecule has 1 fully saturated rings. The first kappa shape index (κ1) is 14.6. The zero-order chi connectivity index (χ0) is 13.7. The van der Waals surface area contributed by atoms with Crippen molar-refractivity contribution in [3.63, 3.8) is 0 Å². The minimum Gasteiger partial charge on any atom is -0.317 e. The third-order valence-corrected chi connectivity index (χ3v) is 4.62. The molecule has 1 aliphatic carbocycles. The topological polar surface area (TPSA) is 12.0 Å². The second-order valence-corrected chi connectivity index (χ2v) is 6.63. The van der Waals surface area contributed by atoms with Gasteiger partial charge in [-0.25, -0.2) is 0 Å². The van der Waals surface area contributed by atoms with Gasteiger partial charge in [0, 0.05) is 0 Å². The summed E-state index contributed by atoms with van der Waals surface area (Å²) < 4.78 is 0. The second-order valence-electron chi connectivity index (χ2n) is 6.63. The predicted molar refractivity (Wildman–Crippen MR) is 83.8 cm³/mol. The van der Waals surface area contributed by atoms with Gasteiger partial charge in [0.15, 0.2) is 0 Å². The highest BCUT2D eigenvalue weighted by molar-refractivity contribution is 5.30. The average molecular weight is 259 g/mol. The largest absolute Gasteiger partial charge is 0.317 e. The van der Waals surface area contributed by atoms with Crippen LogP contribution in [-0.2, 0) is 5.41 Å². The van der Waals surface area contributed by atoms with E-state index in [2.05, 4.69) is 50.4 Å². The molecule has 1 N–H and O–H groups in total. The number of hydrogen-bond donors (Lipinski definition) is 1. The molecule has 1 nitrogen and oxygen atoms in total. The SMILES string of the molecule is CCCNCCC(C)(C)c1ccc(C2CCC2)cc1. The van der Waals surface area contributed by atoms with Crippen molar-refractivity contribution in [2.45, 2.75) is 64.2 Å². The maximum absolute atomic E-state index is 3.51. The fourth-order valence-electron chi connectivity index (χ4n) is 2.80. The number of hydrogen-bond acceptors (Lipinski definition) is 1. The maximum atomic E-state index is 3.51. The molecule has 0 atom stereocenters. The van der Waals surface area contributed by atoms with Gasteiger partial charge in [0.25, 0.3) is 0 Å². The smallest absolute Gasteiger partial charge is 0.00406 e. The minimum absolute atomic E-state index is 0.277. The van der Waals surface area contributed by atoms with E-state index >= 15 is 0 Å². The molecule has 0 aromatic heterocycles. The van der Waals surface area contributed by atoms with Crippen LogP contribution in [0.25, 0.3) is 0 Å². The molecule has 106 valence electrons. The molecule has 0 bridgehead atoms. The summed E-state index contributed by atoms with van der Waals surface area (Å²) in [7, 11) is 0. The first-order valence-corrected chi connectivity index (χ1v) is 7.94. The summed E-state index contributed by atoms with van der Waals surface area (Å²) in [5.74, 6) is 0.850. The molecule has 2 rings (SSSR count). The Morgan fingerprint density at radius 2 is 1.79 bits per heavy atom. The summed E-state index contributed by atoms with van der Waals surface area (Å²) in [5.41, 5.74) is 3.31. The Kier molecular flexibility index (Phi) is 5.04. The van der Waals surface area contributed by atoms with Crippen LogP contribution in [-0.4, -0.2) is 13.1 Å². The highest BCUT2D eigenvalue weighted by atomic mass is 14.8. The van der Waals surface area contributed by atoms with Crippen molar-refractivity contribution in [1.82, 2.24) is 5.32 Å². The molecule has 0 aliphatic heterocycles. The van der Waals surface area contributed by atoms with E-state index < -0.39 is 0 Å². The molecule has 1 heteroatoms. The lowest BCUT2D eigenvalue weighted by Crippen LogP contribution is -2.26. The Morgan fingerprint density at radius 3 is 2.32 bits per heavy atom. The third kappa shape index (κ3) is 3.82. The number of rotatable bonds is 7. The average Bonchev–Trinajstić information content (AvgIpc) is 2.33. The molecule has 0 spiro atoms. The van der Waals surface area contributed by atoms with Crippen LogP contribution in [0.15, 0.2) is 24.3 Å². The predicted octanol–water partition coefficient (Wildman–Crippen LogP) is 4.62. The van der Waals surface area contributed by atoms with Gasteiger partial charge in [0.05, 0.1) is 0 Å². The van der Waals surface area contributed by atoms with Crippen LogP contribution < -0.4 is 5.32 Å². The zero-order valence-electron chi connectivity index (χ0n) is 12.8. The van der Waals surface area contributed by atoms with Gasteiger partial charge in [0.1, 0.15) is 0 Å². The second kappa shape index (κ2) is 6.56. The summed E-state index contributed by atoms with van der Waals surface area (Å²) in [6.07, 6.45) is 6.63. The Hall–Kier alpha value is -0.820. The Bertz CT molecular complexity index is 373. The van der Waals surface area contributed by atoms with Gasteiger partial charge in [-0.3, -0.25) is 0 Å². The van der Waals surface area contributed by atoms with E-state index in [0.717, 1.165) is 19.0 Å². The fourth-order valence-corrected chi connectivity index (χ4v) is 2.80. The van der Waals surface area contributed by atoms with Gasteiger partial charge in [-0.2, -0.15) is 0 Å². The first-order chi connectivity index (χ1) is 9.13. The van der Waals surface area contributed by atoms with Gasteiger partial charge < -0.3 is 5.32 Å². The van der Waals surface area contributed by atoms with Crippen molar-refractivity contribution in [1.29, 1.82) is 0 Å². The van der Waals surface area contributed by atoms with E-state index in [1.54, 1.807) is 5.56 Å². The molecule has 1 aliphatic rings. The Balaban J connectivity index is 1.91. The molecule has 0 saturated heterocycles. The minimum atomic E-state index is 0.277. The van der Waals surface area contributed by atoms with Crippen LogP contribution in [0.1, 0.15) is 69.9 Å². The van der Waals surface area contributed by atoms with Crippen molar-refractivity contribution in [3.8, 4) is 0 Å². The zero-order valence-corrected chi connectivity index (χ0v) is 12.8. The van der Waals surface area contributed by atoms with Gasteiger partial charge in [-0.15, -0.1) is 0 Å². The molecule has 0 heterocycles. The highest BCUT2D eigenvalue weighted by Crippen LogP contribution is 2.37. The Morgan fingerprint density at radius 1 is 1.11 bits per heavy atom. The quantitative estimate of drug-likeness (QED) is 0.704. The van der Waals surface area contributed by atoms with E-state index in [0.29, 0.717) is 0 Å². The summed E-state index contributed by atoms with van der Waals surface area (Å²) in [6.45, 7) is 9.19. The van der Waals surface area contributed by atoms with E-state index in [9.17, 15) is 0 Å². The fraction of sp³-hybridized carbons (Fsp3) is 0.667.